The first-order valence-corrected chi connectivity index (χ1v) is 7.08. The molecule has 4 atom stereocenters. The molecule has 108 valence electrons. The van der Waals surface area contributed by atoms with Crippen molar-refractivity contribution in [1.82, 2.24) is 19.5 Å². The van der Waals surface area contributed by atoms with Crippen molar-refractivity contribution >= 4 is 39.7 Å². The average molecular weight is 393 g/mol. The lowest BCUT2D eigenvalue weighted by atomic mass is 10.2. The van der Waals surface area contributed by atoms with E-state index in [1.54, 1.807) is 0 Å². The number of halogens is 1. The van der Waals surface area contributed by atoms with Crippen LogP contribution in [-0.4, -0.2) is 52.5 Å². The third kappa shape index (κ3) is 1.99. The van der Waals surface area contributed by atoms with E-state index in [0.29, 0.717) is 0 Å². The molecule has 0 bridgehead atoms. The molecule has 1 aliphatic heterocycles. The SMILES string of the molecule is Nc1nc2c(ncn2[C@@H]2O[C@H](CO)[C@H](O)C2I)c(=O)[nH]1. The van der Waals surface area contributed by atoms with Crippen LogP contribution in [0.25, 0.3) is 11.2 Å². The van der Waals surface area contributed by atoms with E-state index in [2.05, 4.69) is 15.0 Å². The van der Waals surface area contributed by atoms with Crippen molar-refractivity contribution in [1.29, 1.82) is 0 Å². The Kier molecular flexibility index (Phi) is 3.40. The van der Waals surface area contributed by atoms with Crippen molar-refractivity contribution in [2.24, 2.45) is 0 Å². The zero-order valence-corrected chi connectivity index (χ0v) is 12.3. The lowest BCUT2D eigenvalue weighted by Gasteiger charge is -2.16. The fourth-order valence-electron chi connectivity index (χ4n) is 2.21. The summed E-state index contributed by atoms with van der Waals surface area (Å²) >= 11 is 2.03. The molecule has 0 aliphatic carbocycles. The number of aliphatic hydroxyl groups excluding tert-OH is 2. The van der Waals surface area contributed by atoms with Crippen LogP contribution in [-0.2, 0) is 4.74 Å². The predicted octanol–water partition coefficient (Wildman–Crippen LogP) is -1.24. The number of imidazole rings is 1. The van der Waals surface area contributed by atoms with Crippen molar-refractivity contribution in [2.75, 3.05) is 12.3 Å². The Bertz CT molecular complexity index is 701. The van der Waals surface area contributed by atoms with Gasteiger partial charge in [0.05, 0.1) is 23.0 Å². The van der Waals surface area contributed by atoms with Gasteiger partial charge in [0.2, 0.25) is 5.95 Å². The van der Waals surface area contributed by atoms with E-state index >= 15 is 0 Å². The maximum absolute atomic E-state index is 11.7. The number of aliphatic hydroxyl groups is 2. The monoisotopic (exact) mass is 393 g/mol. The number of nitrogens with zero attached hydrogens (tertiary/aromatic N) is 3. The standard InChI is InChI=1S/C10H12IN5O4/c11-4-6(18)3(1-17)20-9(4)16-2-13-5-7(16)14-10(12)15-8(5)19/h2-4,6,9,17-18H,1H2,(H3,12,14,15,19)/t3-,4?,6+,9-/m1/s1. The van der Waals surface area contributed by atoms with Crippen LogP contribution >= 0.6 is 22.6 Å². The third-order valence-corrected chi connectivity index (χ3v) is 4.55. The molecule has 1 aliphatic rings. The molecule has 9 nitrogen and oxygen atoms in total. The Hall–Kier alpha value is -1.24. The summed E-state index contributed by atoms with van der Waals surface area (Å²) in [5.41, 5.74) is 5.52. The van der Waals surface area contributed by atoms with E-state index in [4.69, 9.17) is 15.6 Å². The number of fused-ring (bicyclic) bond motifs is 1. The zero-order valence-electron chi connectivity index (χ0n) is 10.1. The number of aromatic amines is 1. The highest BCUT2D eigenvalue weighted by Crippen LogP contribution is 2.35. The normalized spacial score (nSPS) is 30.1. The molecule has 0 aromatic carbocycles. The first-order chi connectivity index (χ1) is 9.52. The quantitative estimate of drug-likeness (QED) is 0.370. The van der Waals surface area contributed by atoms with Crippen molar-refractivity contribution in [3.05, 3.63) is 16.7 Å². The van der Waals surface area contributed by atoms with Gasteiger partial charge in [-0.1, -0.05) is 22.6 Å². The van der Waals surface area contributed by atoms with E-state index in [1.165, 1.54) is 10.9 Å². The van der Waals surface area contributed by atoms with Gasteiger partial charge in [0.15, 0.2) is 17.4 Å². The summed E-state index contributed by atoms with van der Waals surface area (Å²) in [6.45, 7) is -0.292. The van der Waals surface area contributed by atoms with Gasteiger partial charge < -0.3 is 20.7 Å². The Morgan fingerprint density at radius 2 is 2.35 bits per heavy atom. The van der Waals surface area contributed by atoms with E-state index in [1.807, 2.05) is 22.6 Å². The van der Waals surface area contributed by atoms with Crippen molar-refractivity contribution < 1.29 is 14.9 Å². The molecule has 20 heavy (non-hydrogen) atoms. The number of nitrogens with two attached hydrogens (primary N) is 1. The molecule has 3 heterocycles. The lowest BCUT2D eigenvalue weighted by Crippen LogP contribution is -2.29. The molecule has 2 aromatic rings. The zero-order chi connectivity index (χ0) is 14.4. The number of anilines is 1. The highest BCUT2D eigenvalue weighted by Gasteiger charge is 2.43. The van der Waals surface area contributed by atoms with Gasteiger partial charge in [-0.25, -0.2) is 4.98 Å². The smallest absolute Gasteiger partial charge is 0.280 e. The number of hydrogen-bond acceptors (Lipinski definition) is 7. The molecule has 0 saturated carbocycles. The van der Waals surface area contributed by atoms with Gasteiger partial charge in [-0.15, -0.1) is 0 Å². The van der Waals surface area contributed by atoms with Gasteiger partial charge >= 0.3 is 0 Å². The fourth-order valence-corrected chi connectivity index (χ4v) is 3.19. The molecule has 1 fully saturated rings. The maximum Gasteiger partial charge on any atom is 0.280 e. The number of nitrogens with one attached hydrogen (secondary N) is 1. The summed E-state index contributed by atoms with van der Waals surface area (Å²) < 4.78 is 6.81. The molecule has 0 amide bonds. The highest BCUT2D eigenvalue weighted by molar-refractivity contribution is 14.1. The van der Waals surface area contributed by atoms with Gasteiger partial charge in [-0.3, -0.25) is 14.3 Å². The largest absolute Gasteiger partial charge is 0.394 e. The van der Waals surface area contributed by atoms with Gasteiger partial charge in [0, 0.05) is 0 Å². The average Bonchev–Trinajstić information content (AvgIpc) is 2.93. The number of hydrogen-bond donors (Lipinski definition) is 4. The second-order valence-corrected chi connectivity index (χ2v) is 5.90. The Labute approximate surface area is 125 Å². The third-order valence-electron chi connectivity index (χ3n) is 3.20. The van der Waals surface area contributed by atoms with Gasteiger partial charge in [0.25, 0.3) is 5.56 Å². The molecule has 0 radical (unpaired) electrons. The molecule has 1 saturated heterocycles. The van der Waals surface area contributed by atoms with Crippen molar-refractivity contribution in [3.8, 4) is 0 Å². The van der Waals surface area contributed by atoms with E-state index in [0.717, 1.165) is 0 Å². The molecule has 5 N–H and O–H groups in total. The van der Waals surface area contributed by atoms with Crippen LogP contribution in [0, 0.1) is 0 Å². The van der Waals surface area contributed by atoms with Crippen LogP contribution in [0.3, 0.4) is 0 Å². The second-order valence-electron chi connectivity index (χ2n) is 4.46. The summed E-state index contributed by atoms with van der Waals surface area (Å²) in [6, 6.07) is 0. The van der Waals surface area contributed by atoms with Crippen LogP contribution in [0.15, 0.2) is 11.1 Å². The molecular formula is C10H12IN5O4. The van der Waals surface area contributed by atoms with Crippen molar-refractivity contribution in [2.45, 2.75) is 22.4 Å². The minimum absolute atomic E-state index is 0.0217. The molecule has 3 rings (SSSR count). The van der Waals surface area contributed by atoms with Crippen LogP contribution in [0.4, 0.5) is 5.95 Å². The summed E-state index contributed by atoms with van der Waals surface area (Å²) in [5.74, 6) is -0.0217. The first-order valence-electron chi connectivity index (χ1n) is 5.83. The Morgan fingerprint density at radius 1 is 1.60 bits per heavy atom. The van der Waals surface area contributed by atoms with E-state index in [9.17, 15) is 9.90 Å². The lowest BCUT2D eigenvalue weighted by molar-refractivity contribution is -0.0429. The molecule has 1 unspecified atom stereocenters. The fraction of sp³-hybridized carbons (Fsp3) is 0.500. The maximum atomic E-state index is 11.7. The predicted molar refractivity (Wildman–Crippen MR) is 77.4 cm³/mol. The summed E-state index contributed by atoms with van der Waals surface area (Å²) in [5, 5.41) is 19.1. The topological polar surface area (TPSA) is 139 Å². The van der Waals surface area contributed by atoms with Crippen LogP contribution in [0.1, 0.15) is 6.23 Å². The summed E-state index contributed by atoms with van der Waals surface area (Å²) in [7, 11) is 0. The number of aromatic nitrogens is 4. The number of alkyl halides is 1. The number of ether oxygens (including phenoxy) is 1. The van der Waals surface area contributed by atoms with E-state index in [-0.39, 0.29) is 27.6 Å². The summed E-state index contributed by atoms with van der Waals surface area (Å²) in [4.78, 5) is 22.1. The minimum Gasteiger partial charge on any atom is -0.394 e. The summed E-state index contributed by atoms with van der Waals surface area (Å²) in [6.07, 6.45) is -0.669. The highest BCUT2D eigenvalue weighted by atomic mass is 127. The Morgan fingerprint density at radius 3 is 3.00 bits per heavy atom. The molecule has 10 heteroatoms. The van der Waals surface area contributed by atoms with Crippen LogP contribution in [0.5, 0.6) is 0 Å². The van der Waals surface area contributed by atoms with Crippen LogP contribution < -0.4 is 11.3 Å². The van der Waals surface area contributed by atoms with Gasteiger partial charge in [-0.05, 0) is 0 Å². The van der Waals surface area contributed by atoms with Gasteiger partial charge in [-0.2, -0.15) is 4.98 Å². The Balaban J connectivity index is 2.09. The van der Waals surface area contributed by atoms with Crippen molar-refractivity contribution in [3.63, 3.8) is 0 Å². The molecule has 0 spiro atoms. The van der Waals surface area contributed by atoms with Gasteiger partial charge in [0.1, 0.15) is 6.10 Å². The number of H-pyrrole nitrogens is 1. The minimum atomic E-state index is -0.817. The second kappa shape index (κ2) is 4.95. The number of rotatable bonds is 2. The van der Waals surface area contributed by atoms with Crippen LogP contribution in [0.2, 0.25) is 0 Å². The first kappa shape index (κ1) is 13.7. The number of nitrogen functional groups attached to an aromatic ring is 1. The van der Waals surface area contributed by atoms with E-state index < -0.39 is 24.0 Å². The molecular weight excluding hydrogens is 381 g/mol. The molecule has 2 aromatic heterocycles.